The van der Waals surface area contributed by atoms with Gasteiger partial charge in [-0.1, -0.05) is 12.1 Å². The predicted molar refractivity (Wildman–Crippen MR) is 115 cm³/mol. The third-order valence-electron chi connectivity index (χ3n) is 5.36. The SMILES string of the molecule is C[C@@H](O)[C@@H]1NC(=O)C[C@@H](C(=O)NCC2CC2)NC(=O)c2ccccc2OCCCNC1=O. The van der Waals surface area contributed by atoms with Gasteiger partial charge in [-0.15, -0.1) is 0 Å². The fraction of sp³-hybridized carbons (Fsp3) is 0.545. The molecule has 5 N–H and O–H groups in total. The van der Waals surface area contributed by atoms with Crippen molar-refractivity contribution in [3.8, 4) is 5.75 Å². The average Bonchev–Trinajstić information content (AvgIpc) is 3.59. The number of rotatable bonds is 4. The van der Waals surface area contributed by atoms with Gasteiger partial charge in [-0.05, 0) is 44.2 Å². The Bertz CT molecular complexity index is 855. The number of aliphatic hydroxyl groups is 1. The van der Waals surface area contributed by atoms with E-state index in [1.807, 2.05) is 0 Å². The number of carbonyl (C=O) groups is 4. The second-order valence-electron chi connectivity index (χ2n) is 8.19. The van der Waals surface area contributed by atoms with E-state index in [1.54, 1.807) is 24.3 Å². The number of para-hydroxylation sites is 1. The van der Waals surface area contributed by atoms with Crippen LogP contribution in [-0.4, -0.2) is 66.6 Å². The number of amides is 4. The molecule has 0 aromatic heterocycles. The van der Waals surface area contributed by atoms with Crippen LogP contribution in [0.3, 0.4) is 0 Å². The highest BCUT2D eigenvalue weighted by Crippen LogP contribution is 2.27. The Kier molecular flexibility index (Phi) is 8.04. The van der Waals surface area contributed by atoms with E-state index >= 15 is 0 Å². The number of hydrogen-bond donors (Lipinski definition) is 5. The first-order valence-electron chi connectivity index (χ1n) is 10.9. The van der Waals surface area contributed by atoms with Crippen molar-refractivity contribution < 1.29 is 29.0 Å². The van der Waals surface area contributed by atoms with E-state index in [0.717, 1.165) is 12.8 Å². The Balaban J connectivity index is 1.82. The lowest BCUT2D eigenvalue weighted by atomic mass is 10.1. The molecule has 32 heavy (non-hydrogen) atoms. The zero-order valence-electron chi connectivity index (χ0n) is 18.1. The molecular weight excluding hydrogens is 416 g/mol. The monoisotopic (exact) mass is 446 g/mol. The Hall–Kier alpha value is -3.14. The quantitative estimate of drug-likeness (QED) is 0.420. The third kappa shape index (κ3) is 6.68. The predicted octanol–water partition coefficient (Wildman–Crippen LogP) is -0.534. The van der Waals surface area contributed by atoms with Gasteiger partial charge >= 0.3 is 0 Å². The van der Waals surface area contributed by atoms with Crippen LogP contribution in [0.2, 0.25) is 0 Å². The summed E-state index contributed by atoms with van der Waals surface area (Å²) in [5.41, 5.74) is 0.244. The van der Waals surface area contributed by atoms with E-state index in [9.17, 15) is 24.3 Å². The highest BCUT2D eigenvalue weighted by molar-refractivity contribution is 6.01. The van der Waals surface area contributed by atoms with E-state index in [-0.39, 0.29) is 25.1 Å². The van der Waals surface area contributed by atoms with Crippen LogP contribution < -0.4 is 26.0 Å². The average molecular weight is 447 g/mol. The second-order valence-corrected chi connectivity index (χ2v) is 8.19. The maximum atomic E-state index is 12.9. The van der Waals surface area contributed by atoms with Crippen molar-refractivity contribution in [3.63, 3.8) is 0 Å². The highest BCUT2D eigenvalue weighted by atomic mass is 16.5. The third-order valence-corrected chi connectivity index (χ3v) is 5.36. The molecule has 1 aromatic rings. The van der Waals surface area contributed by atoms with Crippen LogP contribution in [0.4, 0.5) is 0 Å². The number of fused-ring (bicyclic) bond motifs is 1. The lowest BCUT2D eigenvalue weighted by molar-refractivity contribution is -0.133. The molecule has 1 saturated carbocycles. The van der Waals surface area contributed by atoms with Crippen LogP contribution in [0.1, 0.15) is 43.0 Å². The molecule has 4 amide bonds. The van der Waals surface area contributed by atoms with Gasteiger partial charge in [0.15, 0.2) is 0 Å². The summed E-state index contributed by atoms with van der Waals surface area (Å²) in [6, 6.07) is 4.28. The first-order chi connectivity index (χ1) is 15.3. The van der Waals surface area contributed by atoms with Crippen LogP contribution in [0.5, 0.6) is 5.75 Å². The minimum atomic E-state index is -1.18. The van der Waals surface area contributed by atoms with Gasteiger partial charge in [0.2, 0.25) is 17.7 Å². The van der Waals surface area contributed by atoms with Gasteiger partial charge in [0.1, 0.15) is 17.8 Å². The molecule has 0 bridgehead atoms. The molecule has 1 aliphatic carbocycles. The number of nitrogens with one attached hydrogen (secondary N) is 4. The Labute approximate surface area is 186 Å². The number of aliphatic hydroxyl groups excluding tert-OH is 1. The van der Waals surface area contributed by atoms with E-state index in [0.29, 0.717) is 24.6 Å². The van der Waals surface area contributed by atoms with Gasteiger partial charge in [0.25, 0.3) is 5.91 Å². The molecule has 0 saturated heterocycles. The van der Waals surface area contributed by atoms with Crippen molar-refractivity contribution in [2.75, 3.05) is 19.7 Å². The molecular formula is C22H30N4O6. The van der Waals surface area contributed by atoms with E-state index in [4.69, 9.17) is 4.74 Å². The molecule has 0 radical (unpaired) electrons. The van der Waals surface area contributed by atoms with E-state index in [1.165, 1.54) is 6.92 Å². The standard InChI is InChI=1S/C22H30N4O6/c1-13(27)19-22(31)23-9-4-10-32-17-6-3-2-5-15(17)20(29)25-16(11-18(28)26-19)21(30)24-12-14-7-8-14/h2-3,5-6,13-14,16,19,27H,4,7-12H2,1H3,(H,23,31)(H,24,30)(H,25,29)(H,26,28)/t13-,16+,19+/m1/s1. The minimum Gasteiger partial charge on any atom is -0.493 e. The van der Waals surface area contributed by atoms with Gasteiger partial charge < -0.3 is 31.1 Å². The molecule has 10 nitrogen and oxygen atoms in total. The topological polar surface area (TPSA) is 146 Å². The van der Waals surface area contributed by atoms with Crippen molar-refractivity contribution in [1.29, 1.82) is 0 Å². The highest BCUT2D eigenvalue weighted by Gasteiger charge is 2.31. The van der Waals surface area contributed by atoms with Crippen molar-refractivity contribution in [2.24, 2.45) is 5.92 Å². The minimum absolute atomic E-state index is 0.238. The van der Waals surface area contributed by atoms with Crippen molar-refractivity contribution >= 4 is 23.6 Å². The fourth-order valence-electron chi connectivity index (χ4n) is 3.31. The molecule has 2 aliphatic rings. The Morgan fingerprint density at radius 3 is 2.69 bits per heavy atom. The molecule has 0 unspecified atom stereocenters. The lowest BCUT2D eigenvalue weighted by Crippen LogP contribution is -2.55. The van der Waals surface area contributed by atoms with Gasteiger partial charge in [-0.25, -0.2) is 0 Å². The first kappa shape index (κ1) is 23.5. The van der Waals surface area contributed by atoms with Crippen LogP contribution in [0.25, 0.3) is 0 Å². The molecule has 3 atom stereocenters. The van der Waals surface area contributed by atoms with Gasteiger partial charge in [-0.2, -0.15) is 0 Å². The summed E-state index contributed by atoms with van der Waals surface area (Å²) in [7, 11) is 0. The fourth-order valence-corrected chi connectivity index (χ4v) is 3.31. The number of carbonyl (C=O) groups excluding carboxylic acids is 4. The lowest BCUT2D eigenvalue weighted by Gasteiger charge is -2.23. The molecule has 1 aliphatic heterocycles. The maximum absolute atomic E-state index is 12.9. The van der Waals surface area contributed by atoms with Crippen LogP contribution >= 0.6 is 0 Å². The van der Waals surface area contributed by atoms with E-state index < -0.39 is 41.8 Å². The molecule has 0 spiro atoms. The Morgan fingerprint density at radius 2 is 1.97 bits per heavy atom. The molecule has 1 aromatic carbocycles. The summed E-state index contributed by atoms with van der Waals surface area (Å²) >= 11 is 0. The summed E-state index contributed by atoms with van der Waals surface area (Å²) in [6.45, 7) is 2.37. The summed E-state index contributed by atoms with van der Waals surface area (Å²) in [4.78, 5) is 50.7. The molecule has 3 rings (SSSR count). The normalized spacial score (nSPS) is 23.8. The summed E-state index contributed by atoms with van der Waals surface area (Å²) in [6.07, 6.45) is 0.990. The smallest absolute Gasteiger partial charge is 0.255 e. The zero-order chi connectivity index (χ0) is 23.1. The molecule has 174 valence electrons. The van der Waals surface area contributed by atoms with Crippen LogP contribution in [0.15, 0.2) is 24.3 Å². The van der Waals surface area contributed by atoms with Gasteiger partial charge in [0.05, 0.1) is 24.7 Å². The number of benzene rings is 1. The Morgan fingerprint density at radius 1 is 1.22 bits per heavy atom. The van der Waals surface area contributed by atoms with Gasteiger partial charge in [-0.3, -0.25) is 19.2 Å². The summed E-state index contributed by atoms with van der Waals surface area (Å²) in [5.74, 6) is -1.45. The number of hydrogen-bond acceptors (Lipinski definition) is 6. The zero-order valence-corrected chi connectivity index (χ0v) is 18.1. The first-order valence-corrected chi connectivity index (χ1v) is 10.9. The molecule has 1 fully saturated rings. The van der Waals surface area contributed by atoms with Crippen LogP contribution in [0, 0.1) is 5.92 Å². The van der Waals surface area contributed by atoms with E-state index in [2.05, 4.69) is 21.3 Å². The molecule has 10 heteroatoms. The largest absolute Gasteiger partial charge is 0.493 e. The summed E-state index contributed by atoms with van der Waals surface area (Å²) in [5, 5.41) is 20.5. The number of ether oxygens (including phenoxy) is 1. The van der Waals surface area contributed by atoms with Crippen molar-refractivity contribution in [3.05, 3.63) is 29.8 Å². The second kappa shape index (κ2) is 10.9. The maximum Gasteiger partial charge on any atom is 0.255 e. The van der Waals surface area contributed by atoms with Gasteiger partial charge in [0, 0.05) is 13.1 Å². The molecule has 1 heterocycles. The van der Waals surface area contributed by atoms with Crippen molar-refractivity contribution in [1.82, 2.24) is 21.3 Å². The van der Waals surface area contributed by atoms with Crippen molar-refractivity contribution in [2.45, 2.75) is 50.8 Å². The van der Waals surface area contributed by atoms with Crippen LogP contribution in [-0.2, 0) is 14.4 Å². The summed E-state index contributed by atoms with van der Waals surface area (Å²) < 4.78 is 5.70.